The number of hydrogen-bond donors (Lipinski definition) is 3. The molecule has 0 bridgehead atoms. The lowest BCUT2D eigenvalue weighted by Gasteiger charge is -2.17. The molecule has 1 amide bonds. The first kappa shape index (κ1) is 25.4. The molecule has 0 saturated carbocycles. The number of ether oxygens (including phenoxy) is 1. The van der Waals surface area contributed by atoms with Gasteiger partial charge in [-0.3, -0.25) is 5.32 Å². The van der Waals surface area contributed by atoms with Crippen LogP contribution >= 0.6 is 24.0 Å². The maximum Gasteiger partial charge on any atom is 0.411 e. The van der Waals surface area contributed by atoms with Crippen LogP contribution in [0.25, 0.3) is 0 Å². The lowest BCUT2D eigenvalue weighted by atomic mass is 10.2. The Morgan fingerprint density at radius 3 is 2.41 bits per heavy atom. The number of rotatable bonds is 8. The maximum atomic E-state index is 11.3. The van der Waals surface area contributed by atoms with Gasteiger partial charge in [0, 0.05) is 24.5 Å². The molecule has 0 aliphatic carbocycles. The predicted octanol–water partition coefficient (Wildman–Crippen LogP) is 2.36. The van der Waals surface area contributed by atoms with E-state index in [-0.39, 0.29) is 35.8 Å². The van der Waals surface area contributed by atoms with E-state index in [4.69, 9.17) is 0 Å². The van der Waals surface area contributed by atoms with Gasteiger partial charge in [0.2, 0.25) is 0 Å². The molecule has 1 unspecified atom stereocenters. The largest absolute Gasteiger partial charge is 0.453 e. The van der Waals surface area contributed by atoms with Crippen LogP contribution in [0.2, 0.25) is 0 Å². The SMILES string of the molecule is CCNC(=NCc1ccc(NC(=O)OC)cc1)NC(C)CCS(C)(=O)=O.I. The highest BCUT2D eigenvalue weighted by Gasteiger charge is 2.09. The number of guanidine groups is 1. The first-order valence-corrected chi connectivity index (χ1v) is 10.5. The maximum absolute atomic E-state index is 11.3. The highest BCUT2D eigenvalue weighted by atomic mass is 127. The van der Waals surface area contributed by atoms with E-state index in [1.54, 1.807) is 12.1 Å². The van der Waals surface area contributed by atoms with Crippen molar-refractivity contribution in [1.82, 2.24) is 10.6 Å². The number of carbonyl (C=O) groups is 1. The fraction of sp³-hybridized carbons (Fsp3) is 0.529. The van der Waals surface area contributed by atoms with Crippen LogP contribution in [0.3, 0.4) is 0 Å². The molecule has 0 fully saturated rings. The van der Waals surface area contributed by atoms with Gasteiger partial charge >= 0.3 is 6.09 Å². The summed E-state index contributed by atoms with van der Waals surface area (Å²) in [4.78, 5) is 15.7. The number of nitrogens with zero attached hydrogens (tertiary/aromatic N) is 1. The van der Waals surface area contributed by atoms with Gasteiger partial charge in [0.25, 0.3) is 0 Å². The summed E-state index contributed by atoms with van der Waals surface area (Å²) in [6, 6.07) is 7.26. The number of amides is 1. The number of benzene rings is 1. The van der Waals surface area contributed by atoms with E-state index in [0.29, 0.717) is 31.2 Å². The van der Waals surface area contributed by atoms with Crippen molar-refractivity contribution in [2.45, 2.75) is 32.9 Å². The summed E-state index contributed by atoms with van der Waals surface area (Å²) < 4.78 is 27.1. The van der Waals surface area contributed by atoms with Crippen LogP contribution in [-0.2, 0) is 21.1 Å². The number of methoxy groups -OCH3 is 1. The molecule has 27 heavy (non-hydrogen) atoms. The van der Waals surface area contributed by atoms with Gasteiger partial charge in [0.15, 0.2) is 5.96 Å². The number of sulfone groups is 1. The molecule has 0 saturated heterocycles. The molecule has 0 spiro atoms. The Morgan fingerprint density at radius 1 is 1.26 bits per heavy atom. The summed E-state index contributed by atoms with van der Waals surface area (Å²) in [5.41, 5.74) is 1.62. The van der Waals surface area contributed by atoms with Crippen molar-refractivity contribution in [2.24, 2.45) is 4.99 Å². The minimum absolute atomic E-state index is 0. The summed E-state index contributed by atoms with van der Waals surface area (Å²) >= 11 is 0. The van der Waals surface area contributed by atoms with E-state index in [0.717, 1.165) is 5.56 Å². The van der Waals surface area contributed by atoms with Crippen molar-refractivity contribution < 1.29 is 17.9 Å². The van der Waals surface area contributed by atoms with E-state index >= 15 is 0 Å². The topological polar surface area (TPSA) is 109 Å². The number of halogens is 1. The third kappa shape index (κ3) is 11.7. The predicted molar refractivity (Wildman–Crippen MR) is 120 cm³/mol. The van der Waals surface area contributed by atoms with E-state index in [1.165, 1.54) is 13.4 Å². The fourth-order valence-electron chi connectivity index (χ4n) is 2.05. The second kappa shape index (κ2) is 12.8. The molecule has 8 nitrogen and oxygen atoms in total. The minimum Gasteiger partial charge on any atom is -0.453 e. The molecule has 10 heteroatoms. The standard InChI is InChI=1S/C17H28N4O4S.HI/c1-5-18-16(20-13(2)10-11-26(4,23)24)19-12-14-6-8-15(9-7-14)21-17(22)25-3;/h6-9,13H,5,10-12H2,1-4H3,(H,21,22)(H2,18,19,20);1H. The summed E-state index contributed by atoms with van der Waals surface area (Å²) in [5.74, 6) is 0.764. The van der Waals surface area contributed by atoms with Gasteiger partial charge in [-0.15, -0.1) is 24.0 Å². The Kier molecular flexibility index (Phi) is 12.0. The van der Waals surface area contributed by atoms with E-state index < -0.39 is 15.9 Å². The molecule has 0 heterocycles. The summed E-state index contributed by atoms with van der Waals surface area (Å²) in [7, 11) is -1.67. The first-order chi connectivity index (χ1) is 12.2. The molecule has 1 atom stereocenters. The van der Waals surface area contributed by atoms with Crippen LogP contribution in [0.15, 0.2) is 29.3 Å². The number of nitrogens with one attached hydrogen (secondary N) is 3. The first-order valence-electron chi connectivity index (χ1n) is 8.40. The molecule has 0 aromatic heterocycles. The van der Waals surface area contributed by atoms with Crippen molar-refractivity contribution in [3.8, 4) is 0 Å². The van der Waals surface area contributed by atoms with Crippen molar-refractivity contribution in [3.63, 3.8) is 0 Å². The number of anilines is 1. The molecule has 1 aromatic rings. The molecule has 1 rings (SSSR count). The lowest BCUT2D eigenvalue weighted by Crippen LogP contribution is -2.42. The van der Waals surface area contributed by atoms with Gasteiger partial charge in [-0.05, 0) is 38.0 Å². The smallest absolute Gasteiger partial charge is 0.411 e. The Hall–Kier alpha value is -1.56. The molecule has 0 aliphatic rings. The fourth-order valence-corrected chi connectivity index (χ4v) is 2.83. The van der Waals surface area contributed by atoms with Crippen LogP contribution < -0.4 is 16.0 Å². The van der Waals surface area contributed by atoms with Gasteiger partial charge < -0.3 is 15.4 Å². The van der Waals surface area contributed by atoms with E-state index in [9.17, 15) is 13.2 Å². The van der Waals surface area contributed by atoms with Crippen LogP contribution in [0.1, 0.15) is 25.8 Å². The van der Waals surface area contributed by atoms with Gasteiger partial charge in [0.1, 0.15) is 9.84 Å². The normalized spacial score (nSPS) is 12.5. The van der Waals surface area contributed by atoms with Crippen LogP contribution in [-0.4, -0.2) is 52.2 Å². The number of carbonyl (C=O) groups excluding carboxylic acids is 1. The number of hydrogen-bond acceptors (Lipinski definition) is 5. The molecular formula is C17H29IN4O4S. The van der Waals surface area contributed by atoms with Crippen molar-refractivity contribution in [3.05, 3.63) is 29.8 Å². The minimum atomic E-state index is -2.98. The van der Waals surface area contributed by atoms with Crippen LogP contribution in [0.5, 0.6) is 0 Å². The molecule has 3 N–H and O–H groups in total. The zero-order valence-electron chi connectivity index (χ0n) is 16.1. The van der Waals surface area contributed by atoms with Crippen molar-refractivity contribution in [2.75, 3.05) is 31.0 Å². The van der Waals surface area contributed by atoms with Gasteiger partial charge in [-0.1, -0.05) is 12.1 Å². The summed E-state index contributed by atoms with van der Waals surface area (Å²) in [5, 5.41) is 8.93. The molecule has 0 aliphatic heterocycles. The zero-order chi connectivity index (χ0) is 19.6. The summed E-state index contributed by atoms with van der Waals surface area (Å²) in [6.07, 6.45) is 1.23. The molecule has 154 valence electrons. The quantitative estimate of drug-likeness (QED) is 0.281. The van der Waals surface area contributed by atoms with Gasteiger partial charge in [-0.25, -0.2) is 18.2 Å². The second-order valence-corrected chi connectivity index (χ2v) is 8.23. The molecule has 1 aromatic carbocycles. The molecular weight excluding hydrogens is 483 g/mol. The Bertz CT molecular complexity index is 708. The highest BCUT2D eigenvalue weighted by Crippen LogP contribution is 2.10. The monoisotopic (exact) mass is 512 g/mol. The van der Waals surface area contributed by atoms with Crippen molar-refractivity contribution >= 4 is 51.6 Å². The van der Waals surface area contributed by atoms with E-state index in [2.05, 4.69) is 25.7 Å². The number of aliphatic imine (C=N–C) groups is 1. The average Bonchev–Trinajstić information content (AvgIpc) is 2.58. The average molecular weight is 512 g/mol. The molecule has 0 radical (unpaired) electrons. The van der Waals surface area contributed by atoms with Gasteiger partial charge in [0.05, 0.1) is 19.4 Å². The second-order valence-electron chi connectivity index (χ2n) is 5.97. The highest BCUT2D eigenvalue weighted by molar-refractivity contribution is 14.0. The lowest BCUT2D eigenvalue weighted by molar-refractivity contribution is 0.187. The Balaban J connectivity index is 0.00000676. The zero-order valence-corrected chi connectivity index (χ0v) is 19.3. The van der Waals surface area contributed by atoms with E-state index in [1.807, 2.05) is 26.0 Å². The van der Waals surface area contributed by atoms with Crippen LogP contribution in [0.4, 0.5) is 10.5 Å². The third-order valence-corrected chi connectivity index (χ3v) is 4.43. The third-order valence-electron chi connectivity index (χ3n) is 3.45. The van der Waals surface area contributed by atoms with Crippen molar-refractivity contribution in [1.29, 1.82) is 0 Å². The Labute approximate surface area is 178 Å². The van der Waals surface area contributed by atoms with Crippen LogP contribution in [0, 0.1) is 0 Å². The Morgan fingerprint density at radius 2 is 1.89 bits per heavy atom. The summed E-state index contributed by atoms with van der Waals surface area (Å²) in [6.45, 7) is 5.04. The van der Waals surface area contributed by atoms with Gasteiger partial charge in [-0.2, -0.15) is 0 Å².